The van der Waals surface area contributed by atoms with Gasteiger partial charge in [-0.25, -0.2) is 13.1 Å². The number of piperazine rings is 1. The van der Waals surface area contributed by atoms with Gasteiger partial charge in [0, 0.05) is 37.8 Å². The van der Waals surface area contributed by atoms with E-state index in [0.29, 0.717) is 24.6 Å². The molecule has 0 radical (unpaired) electrons. The predicted molar refractivity (Wildman–Crippen MR) is 95.0 cm³/mol. The van der Waals surface area contributed by atoms with Gasteiger partial charge in [-0.1, -0.05) is 6.07 Å². The molecule has 1 aliphatic heterocycles. The standard InChI is InChI=1S/C16H23N3O3S.ClH/c1-12-10-17-7-8-19(12)16(20)14-3-2-4-15(9-14)23(21,22)18-11-13-5-6-13;/h2-4,9,12-13,17-18H,5-8,10-11H2,1H3;1H/t12-;/m1./s1. The second kappa shape index (κ2) is 7.82. The molecule has 1 saturated heterocycles. The van der Waals surface area contributed by atoms with Gasteiger partial charge in [0.25, 0.3) is 5.91 Å². The first-order valence-electron chi connectivity index (χ1n) is 8.09. The molecule has 1 saturated carbocycles. The molecule has 1 amide bonds. The topological polar surface area (TPSA) is 78.5 Å². The van der Waals surface area contributed by atoms with Crippen LogP contribution in [0.5, 0.6) is 0 Å². The lowest BCUT2D eigenvalue weighted by molar-refractivity contribution is 0.0655. The molecule has 0 bridgehead atoms. The molecule has 0 spiro atoms. The lowest BCUT2D eigenvalue weighted by Crippen LogP contribution is -2.52. The van der Waals surface area contributed by atoms with Crippen LogP contribution in [0.2, 0.25) is 0 Å². The number of carbonyl (C=O) groups is 1. The van der Waals surface area contributed by atoms with Gasteiger partial charge in [0.15, 0.2) is 0 Å². The number of hydrogen-bond acceptors (Lipinski definition) is 4. The minimum atomic E-state index is -3.55. The molecule has 1 atom stereocenters. The summed E-state index contributed by atoms with van der Waals surface area (Å²) < 4.78 is 27.3. The Morgan fingerprint density at radius 1 is 1.38 bits per heavy atom. The molecule has 2 aliphatic rings. The summed E-state index contributed by atoms with van der Waals surface area (Å²) in [6, 6.07) is 6.42. The number of halogens is 1. The summed E-state index contributed by atoms with van der Waals surface area (Å²) in [5.41, 5.74) is 0.424. The van der Waals surface area contributed by atoms with Gasteiger partial charge in [-0.3, -0.25) is 4.79 Å². The average molecular weight is 374 g/mol. The second-order valence-electron chi connectivity index (χ2n) is 6.37. The fourth-order valence-corrected chi connectivity index (χ4v) is 3.90. The van der Waals surface area contributed by atoms with Crippen molar-refractivity contribution in [2.45, 2.75) is 30.7 Å². The van der Waals surface area contributed by atoms with E-state index in [1.54, 1.807) is 17.0 Å². The minimum Gasteiger partial charge on any atom is -0.333 e. The molecule has 0 unspecified atom stereocenters. The van der Waals surface area contributed by atoms with Crippen molar-refractivity contribution in [3.8, 4) is 0 Å². The zero-order chi connectivity index (χ0) is 16.4. The molecule has 2 N–H and O–H groups in total. The summed E-state index contributed by atoms with van der Waals surface area (Å²) in [5, 5.41) is 3.24. The smallest absolute Gasteiger partial charge is 0.254 e. The fourth-order valence-electron chi connectivity index (χ4n) is 2.74. The maximum atomic E-state index is 12.6. The van der Waals surface area contributed by atoms with E-state index in [4.69, 9.17) is 0 Å². The molecule has 134 valence electrons. The highest BCUT2D eigenvalue weighted by atomic mass is 35.5. The van der Waals surface area contributed by atoms with Crippen LogP contribution in [0.4, 0.5) is 0 Å². The van der Waals surface area contributed by atoms with Crippen molar-refractivity contribution in [1.29, 1.82) is 0 Å². The van der Waals surface area contributed by atoms with Crippen LogP contribution in [0, 0.1) is 5.92 Å². The summed E-state index contributed by atoms with van der Waals surface area (Å²) in [6.07, 6.45) is 2.17. The predicted octanol–water partition coefficient (Wildman–Crippen LogP) is 1.23. The van der Waals surface area contributed by atoms with Crippen LogP contribution in [-0.4, -0.2) is 51.4 Å². The third kappa shape index (κ3) is 4.47. The van der Waals surface area contributed by atoms with Gasteiger partial charge < -0.3 is 10.2 Å². The molecule has 6 nitrogen and oxygen atoms in total. The molecule has 1 aromatic carbocycles. The maximum Gasteiger partial charge on any atom is 0.254 e. The van der Waals surface area contributed by atoms with E-state index < -0.39 is 10.0 Å². The molecule has 3 rings (SSSR count). The van der Waals surface area contributed by atoms with Gasteiger partial charge in [-0.05, 0) is 43.9 Å². The van der Waals surface area contributed by atoms with E-state index in [-0.39, 0.29) is 29.3 Å². The van der Waals surface area contributed by atoms with Gasteiger partial charge in [-0.15, -0.1) is 12.4 Å². The Hall–Kier alpha value is -1.15. The molecular weight excluding hydrogens is 350 g/mol. The van der Waals surface area contributed by atoms with Gasteiger partial charge in [0.05, 0.1) is 4.90 Å². The van der Waals surface area contributed by atoms with Crippen LogP contribution in [0.25, 0.3) is 0 Å². The largest absolute Gasteiger partial charge is 0.333 e. The summed E-state index contributed by atoms with van der Waals surface area (Å²) in [4.78, 5) is 14.6. The Kier molecular flexibility index (Phi) is 6.25. The van der Waals surface area contributed by atoms with Crippen molar-refractivity contribution in [2.24, 2.45) is 5.92 Å². The molecule has 0 aromatic heterocycles. The van der Waals surface area contributed by atoms with E-state index in [0.717, 1.165) is 25.9 Å². The van der Waals surface area contributed by atoms with Crippen LogP contribution in [0.1, 0.15) is 30.1 Å². The summed E-state index contributed by atoms with van der Waals surface area (Å²) in [6.45, 7) is 4.62. The molecule has 1 aromatic rings. The average Bonchev–Trinajstić information content (AvgIpc) is 3.37. The molecule has 8 heteroatoms. The van der Waals surface area contributed by atoms with E-state index >= 15 is 0 Å². The first-order chi connectivity index (χ1) is 11.0. The van der Waals surface area contributed by atoms with Gasteiger partial charge in [0.2, 0.25) is 10.0 Å². The number of rotatable bonds is 5. The van der Waals surface area contributed by atoms with Crippen LogP contribution in [0.3, 0.4) is 0 Å². The molecular formula is C16H24ClN3O3S. The van der Waals surface area contributed by atoms with E-state index in [1.165, 1.54) is 12.1 Å². The van der Waals surface area contributed by atoms with Crippen LogP contribution in [0.15, 0.2) is 29.2 Å². The summed E-state index contributed by atoms with van der Waals surface area (Å²) in [7, 11) is -3.55. The highest BCUT2D eigenvalue weighted by Gasteiger charge is 2.27. The fraction of sp³-hybridized carbons (Fsp3) is 0.562. The quantitative estimate of drug-likeness (QED) is 0.813. The zero-order valence-corrected chi connectivity index (χ0v) is 15.3. The van der Waals surface area contributed by atoms with Gasteiger partial charge in [0.1, 0.15) is 0 Å². The van der Waals surface area contributed by atoms with E-state index in [9.17, 15) is 13.2 Å². The number of nitrogens with zero attached hydrogens (tertiary/aromatic N) is 1. The maximum absolute atomic E-state index is 12.6. The molecule has 1 heterocycles. The van der Waals surface area contributed by atoms with Crippen molar-refractivity contribution >= 4 is 28.3 Å². The Balaban J connectivity index is 0.00000208. The Bertz CT molecular complexity index is 692. The van der Waals surface area contributed by atoms with Gasteiger partial charge in [-0.2, -0.15) is 0 Å². The van der Waals surface area contributed by atoms with Crippen molar-refractivity contribution in [3.05, 3.63) is 29.8 Å². The highest BCUT2D eigenvalue weighted by Crippen LogP contribution is 2.28. The molecule has 2 fully saturated rings. The van der Waals surface area contributed by atoms with Crippen molar-refractivity contribution in [1.82, 2.24) is 14.9 Å². The highest BCUT2D eigenvalue weighted by molar-refractivity contribution is 7.89. The Morgan fingerprint density at radius 2 is 2.12 bits per heavy atom. The third-order valence-corrected chi connectivity index (χ3v) is 5.83. The van der Waals surface area contributed by atoms with Crippen LogP contribution >= 0.6 is 12.4 Å². The number of amides is 1. The number of hydrogen-bond donors (Lipinski definition) is 2. The Labute approximate surface area is 149 Å². The Morgan fingerprint density at radius 3 is 2.79 bits per heavy atom. The van der Waals surface area contributed by atoms with Gasteiger partial charge >= 0.3 is 0 Å². The number of nitrogens with one attached hydrogen (secondary N) is 2. The first kappa shape index (κ1) is 19.2. The monoisotopic (exact) mass is 373 g/mol. The first-order valence-corrected chi connectivity index (χ1v) is 9.57. The minimum absolute atomic E-state index is 0. The molecule has 24 heavy (non-hydrogen) atoms. The van der Waals surface area contributed by atoms with Crippen molar-refractivity contribution < 1.29 is 13.2 Å². The number of sulfonamides is 1. The lowest BCUT2D eigenvalue weighted by Gasteiger charge is -2.34. The van der Waals surface area contributed by atoms with Crippen molar-refractivity contribution in [3.63, 3.8) is 0 Å². The van der Waals surface area contributed by atoms with Crippen molar-refractivity contribution in [2.75, 3.05) is 26.2 Å². The van der Waals surface area contributed by atoms with Crippen LogP contribution < -0.4 is 10.0 Å². The lowest BCUT2D eigenvalue weighted by atomic mass is 10.1. The summed E-state index contributed by atoms with van der Waals surface area (Å²) >= 11 is 0. The van der Waals surface area contributed by atoms with E-state index in [2.05, 4.69) is 10.0 Å². The number of carbonyl (C=O) groups excluding carboxylic acids is 1. The van der Waals surface area contributed by atoms with E-state index in [1.807, 2.05) is 6.92 Å². The summed E-state index contributed by atoms with van der Waals surface area (Å²) in [5.74, 6) is 0.356. The molecule has 1 aliphatic carbocycles. The third-order valence-electron chi connectivity index (χ3n) is 4.41. The zero-order valence-electron chi connectivity index (χ0n) is 13.7. The SMILES string of the molecule is C[C@@H]1CNCCN1C(=O)c1cccc(S(=O)(=O)NCC2CC2)c1.Cl. The number of benzene rings is 1. The van der Waals surface area contributed by atoms with Crippen LogP contribution in [-0.2, 0) is 10.0 Å². The normalized spacial score (nSPS) is 21.2. The second-order valence-corrected chi connectivity index (χ2v) is 8.14.